The van der Waals surface area contributed by atoms with Crippen LogP contribution in [-0.4, -0.2) is 36.4 Å². The molecule has 0 aliphatic rings. The van der Waals surface area contributed by atoms with Gasteiger partial charge in [0.25, 0.3) is 5.91 Å². The first-order valence-electron chi connectivity index (χ1n) is 9.08. The van der Waals surface area contributed by atoms with Crippen LogP contribution in [0.25, 0.3) is 11.0 Å². The third-order valence-electron chi connectivity index (χ3n) is 4.24. The Hall–Kier alpha value is -2.94. The molecule has 1 aromatic heterocycles. The molecule has 0 spiro atoms. The number of amides is 1. The number of nitrogens with one attached hydrogen (secondary N) is 2. The van der Waals surface area contributed by atoms with Gasteiger partial charge in [0.2, 0.25) is 0 Å². The van der Waals surface area contributed by atoms with Crippen molar-refractivity contribution in [1.29, 1.82) is 0 Å². The second-order valence-electron chi connectivity index (χ2n) is 6.30. The summed E-state index contributed by atoms with van der Waals surface area (Å²) < 4.78 is 16.5. The second-order valence-corrected chi connectivity index (χ2v) is 6.71. The number of furan rings is 1. The highest BCUT2D eigenvalue weighted by Gasteiger charge is 2.14. The Morgan fingerprint density at radius 3 is 2.72 bits per heavy atom. The molecule has 152 valence electrons. The van der Waals surface area contributed by atoms with Crippen molar-refractivity contribution in [3.63, 3.8) is 0 Å². The SMILES string of the molecule is COCc1cccc2cc(C(=O)NCCCOc3ccc(C(=S)NO)cc3)oc12. The summed E-state index contributed by atoms with van der Waals surface area (Å²) in [7, 11) is 1.62. The van der Waals surface area contributed by atoms with Gasteiger partial charge in [-0.05, 0) is 36.8 Å². The van der Waals surface area contributed by atoms with Crippen LogP contribution in [0.3, 0.4) is 0 Å². The molecule has 0 atom stereocenters. The van der Waals surface area contributed by atoms with E-state index < -0.39 is 0 Å². The molecular formula is C21H22N2O5S. The normalized spacial score (nSPS) is 10.7. The zero-order valence-electron chi connectivity index (χ0n) is 15.9. The van der Waals surface area contributed by atoms with Crippen molar-refractivity contribution in [1.82, 2.24) is 10.8 Å². The number of methoxy groups -OCH3 is 1. The van der Waals surface area contributed by atoms with Crippen molar-refractivity contribution in [2.75, 3.05) is 20.3 Å². The number of hydroxylamine groups is 1. The van der Waals surface area contributed by atoms with Gasteiger partial charge in [0.05, 0.1) is 13.2 Å². The number of benzene rings is 2. The summed E-state index contributed by atoms with van der Waals surface area (Å²) in [4.78, 5) is 12.6. The van der Waals surface area contributed by atoms with Crippen molar-refractivity contribution in [2.45, 2.75) is 13.0 Å². The average molecular weight is 414 g/mol. The number of fused-ring (bicyclic) bond motifs is 1. The molecular weight excluding hydrogens is 392 g/mol. The minimum Gasteiger partial charge on any atom is -0.494 e. The van der Waals surface area contributed by atoms with E-state index in [0.29, 0.717) is 43.1 Å². The molecule has 0 aliphatic carbocycles. The number of ether oxygens (including phenoxy) is 2. The van der Waals surface area contributed by atoms with Crippen LogP contribution in [0.1, 0.15) is 28.1 Å². The zero-order chi connectivity index (χ0) is 20.6. The van der Waals surface area contributed by atoms with Crippen LogP contribution in [-0.2, 0) is 11.3 Å². The molecule has 2 aromatic carbocycles. The van der Waals surface area contributed by atoms with Gasteiger partial charge in [-0.15, -0.1) is 0 Å². The number of carbonyl (C=O) groups is 1. The summed E-state index contributed by atoms with van der Waals surface area (Å²) in [5.41, 5.74) is 4.21. The standard InChI is InChI=1S/C21H22N2O5S/c1-26-13-16-5-2-4-15-12-18(28-19(15)16)20(24)22-10-3-11-27-17-8-6-14(7-9-17)21(29)23-25/h2,4-9,12,25H,3,10-11,13H2,1H3,(H,22,24)(H,23,29). The van der Waals surface area contributed by atoms with E-state index in [9.17, 15) is 4.79 Å². The maximum absolute atomic E-state index is 12.3. The van der Waals surface area contributed by atoms with Crippen molar-refractivity contribution >= 4 is 34.1 Å². The lowest BCUT2D eigenvalue weighted by atomic mass is 10.1. The van der Waals surface area contributed by atoms with Gasteiger partial charge in [0, 0.05) is 30.2 Å². The molecule has 0 unspecified atom stereocenters. The lowest BCUT2D eigenvalue weighted by Gasteiger charge is -2.08. The monoisotopic (exact) mass is 414 g/mol. The minimum atomic E-state index is -0.265. The van der Waals surface area contributed by atoms with E-state index in [1.165, 1.54) is 0 Å². The summed E-state index contributed by atoms with van der Waals surface area (Å²) >= 11 is 4.94. The van der Waals surface area contributed by atoms with Gasteiger partial charge in [-0.25, -0.2) is 0 Å². The zero-order valence-corrected chi connectivity index (χ0v) is 16.8. The van der Waals surface area contributed by atoms with Crippen molar-refractivity contribution < 1.29 is 23.9 Å². The Bertz CT molecular complexity index is 984. The first-order valence-corrected chi connectivity index (χ1v) is 9.49. The van der Waals surface area contributed by atoms with Crippen LogP contribution in [0, 0.1) is 0 Å². The highest BCUT2D eigenvalue weighted by atomic mass is 32.1. The Labute approximate surface area is 173 Å². The molecule has 0 aliphatic heterocycles. The third-order valence-corrected chi connectivity index (χ3v) is 4.57. The Balaban J connectivity index is 1.46. The van der Waals surface area contributed by atoms with Crippen LogP contribution < -0.4 is 15.5 Å². The van der Waals surface area contributed by atoms with E-state index in [-0.39, 0.29) is 16.7 Å². The maximum Gasteiger partial charge on any atom is 0.287 e. The topological polar surface area (TPSA) is 93.0 Å². The molecule has 0 saturated carbocycles. The van der Waals surface area contributed by atoms with Gasteiger partial charge < -0.3 is 19.2 Å². The van der Waals surface area contributed by atoms with Gasteiger partial charge in [-0.2, -0.15) is 0 Å². The molecule has 8 heteroatoms. The maximum atomic E-state index is 12.3. The largest absolute Gasteiger partial charge is 0.494 e. The van der Waals surface area contributed by atoms with Crippen LogP contribution in [0.2, 0.25) is 0 Å². The van der Waals surface area contributed by atoms with Gasteiger partial charge in [-0.1, -0.05) is 30.4 Å². The van der Waals surface area contributed by atoms with Gasteiger partial charge in [0.15, 0.2) is 5.76 Å². The number of carbonyl (C=O) groups excluding carboxylic acids is 1. The summed E-state index contributed by atoms with van der Waals surface area (Å²) in [5.74, 6) is 0.691. The van der Waals surface area contributed by atoms with Crippen LogP contribution in [0.5, 0.6) is 5.75 Å². The van der Waals surface area contributed by atoms with Gasteiger partial charge >= 0.3 is 0 Å². The lowest BCUT2D eigenvalue weighted by molar-refractivity contribution is 0.0925. The van der Waals surface area contributed by atoms with E-state index in [1.807, 2.05) is 23.7 Å². The smallest absolute Gasteiger partial charge is 0.287 e. The molecule has 0 fully saturated rings. The Morgan fingerprint density at radius 1 is 1.21 bits per heavy atom. The lowest BCUT2D eigenvalue weighted by Crippen LogP contribution is -2.25. The molecule has 29 heavy (non-hydrogen) atoms. The Kier molecular flexibility index (Phi) is 7.18. The molecule has 0 bridgehead atoms. The van der Waals surface area contributed by atoms with E-state index in [4.69, 9.17) is 31.3 Å². The summed E-state index contributed by atoms with van der Waals surface area (Å²) in [6.07, 6.45) is 0.638. The fourth-order valence-corrected chi connectivity index (χ4v) is 2.96. The van der Waals surface area contributed by atoms with Crippen molar-refractivity contribution in [3.05, 3.63) is 65.4 Å². The highest BCUT2D eigenvalue weighted by molar-refractivity contribution is 7.80. The van der Waals surface area contributed by atoms with E-state index in [2.05, 4.69) is 5.32 Å². The predicted molar refractivity (Wildman–Crippen MR) is 112 cm³/mol. The summed E-state index contributed by atoms with van der Waals surface area (Å²) in [5, 5.41) is 12.5. The van der Waals surface area contributed by atoms with E-state index >= 15 is 0 Å². The van der Waals surface area contributed by atoms with Crippen molar-refractivity contribution in [2.24, 2.45) is 0 Å². The fourth-order valence-electron chi connectivity index (χ4n) is 2.82. The number of hydrogen-bond donors (Lipinski definition) is 3. The molecule has 3 N–H and O–H groups in total. The number of para-hydroxylation sites is 1. The third kappa shape index (κ3) is 5.32. The van der Waals surface area contributed by atoms with Gasteiger partial charge in [0.1, 0.15) is 16.3 Å². The molecule has 0 saturated heterocycles. The van der Waals surface area contributed by atoms with Crippen molar-refractivity contribution in [3.8, 4) is 5.75 Å². The Morgan fingerprint density at radius 2 is 2.00 bits per heavy atom. The first kappa shape index (κ1) is 20.8. The molecule has 0 radical (unpaired) electrons. The highest BCUT2D eigenvalue weighted by Crippen LogP contribution is 2.23. The van der Waals surface area contributed by atoms with E-state index in [1.54, 1.807) is 37.4 Å². The molecule has 7 nitrogen and oxygen atoms in total. The fraction of sp³-hybridized carbons (Fsp3) is 0.238. The average Bonchev–Trinajstić information content (AvgIpc) is 3.19. The summed E-state index contributed by atoms with van der Waals surface area (Å²) in [6, 6.07) is 14.5. The van der Waals surface area contributed by atoms with Crippen LogP contribution >= 0.6 is 12.2 Å². The molecule has 3 aromatic rings. The van der Waals surface area contributed by atoms with Crippen LogP contribution in [0.15, 0.2) is 52.9 Å². The molecule has 1 amide bonds. The summed E-state index contributed by atoms with van der Waals surface area (Å²) in [6.45, 7) is 1.32. The van der Waals surface area contributed by atoms with E-state index in [0.717, 1.165) is 10.9 Å². The molecule has 3 rings (SSSR count). The van der Waals surface area contributed by atoms with Gasteiger partial charge in [-0.3, -0.25) is 15.5 Å². The minimum absolute atomic E-state index is 0.249. The number of hydrogen-bond acceptors (Lipinski definition) is 6. The van der Waals surface area contributed by atoms with Crippen LogP contribution in [0.4, 0.5) is 0 Å². The predicted octanol–water partition coefficient (Wildman–Crippen LogP) is 3.43. The second kappa shape index (κ2) is 10.0. The molecule has 1 heterocycles. The quantitative estimate of drug-likeness (QED) is 0.281. The first-order chi connectivity index (χ1) is 14.1. The number of thiocarbonyl (C=S) groups is 1. The number of rotatable bonds is 9.